The summed E-state index contributed by atoms with van der Waals surface area (Å²) in [5, 5.41) is 11.4. The molecule has 1 N–H and O–H groups in total. The Hall–Kier alpha value is -2.28. The van der Waals surface area contributed by atoms with Crippen LogP contribution in [0.15, 0.2) is 40.8 Å². The molecule has 2 aromatic rings. The summed E-state index contributed by atoms with van der Waals surface area (Å²) < 4.78 is 18.4. The molecule has 4 heteroatoms. The summed E-state index contributed by atoms with van der Waals surface area (Å²) in [6.45, 7) is 0.350. The Balaban J connectivity index is 2.03. The number of furan rings is 1. The molecule has 0 amide bonds. The van der Waals surface area contributed by atoms with E-state index in [1.165, 1.54) is 6.07 Å². The minimum atomic E-state index is -0.311. The van der Waals surface area contributed by atoms with Gasteiger partial charge >= 0.3 is 0 Å². The third-order valence-electron chi connectivity index (χ3n) is 2.10. The van der Waals surface area contributed by atoms with Gasteiger partial charge in [0.15, 0.2) is 0 Å². The summed E-state index contributed by atoms with van der Waals surface area (Å²) in [6, 6.07) is 11.5. The molecule has 0 saturated heterocycles. The Labute approximate surface area is 92.1 Å². The third-order valence-corrected chi connectivity index (χ3v) is 2.10. The molecule has 1 aromatic heterocycles. The van der Waals surface area contributed by atoms with Crippen LogP contribution in [-0.2, 0) is 6.54 Å². The zero-order valence-electron chi connectivity index (χ0n) is 8.40. The molecular weight excluding hydrogens is 207 g/mol. The highest BCUT2D eigenvalue weighted by atomic mass is 19.1. The van der Waals surface area contributed by atoms with Crippen molar-refractivity contribution >= 4 is 5.69 Å². The zero-order valence-corrected chi connectivity index (χ0v) is 8.40. The van der Waals surface area contributed by atoms with E-state index in [9.17, 15) is 4.39 Å². The van der Waals surface area contributed by atoms with Crippen LogP contribution in [-0.4, -0.2) is 0 Å². The Bertz CT molecular complexity index is 528. The minimum Gasteiger partial charge on any atom is -0.449 e. The van der Waals surface area contributed by atoms with Gasteiger partial charge in [0.2, 0.25) is 5.76 Å². The summed E-state index contributed by atoms with van der Waals surface area (Å²) >= 11 is 0. The first-order valence-electron chi connectivity index (χ1n) is 4.77. The lowest BCUT2D eigenvalue weighted by atomic mass is 10.3. The van der Waals surface area contributed by atoms with Gasteiger partial charge in [0.1, 0.15) is 17.6 Å². The maximum Gasteiger partial charge on any atom is 0.203 e. The summed E-state index contributed by atoms with van der Waals surface area (Å²) in [6.07, 6.45) is 0. The average Bonchev–Trinajstić information content (AvgIpc) is 2.76. The number of hydrogen-bond donors (Lipinski definition) is 1. The molecule has 0 unspecified atom stereocenters. The molecule has 0 aliphatic carbocycles. The second-order valence-corrected chi connectivity index (χ2v) is 3.21. The van der Waals surface area contributed by atoms with E-state index in [1.807, 2.05) is 6.07 Å². The third kappa shape index (κ3) is 2.20. The standard InChI is InChI=1S/C12H9FN2O/c13-11-3-1-2-4-12(11)15-8-10-6-5-9(7-14)16-10/h1-6,15H,8H2. The van der Waals surface area contributed by atoms with E-state index in [2.05, 4.69) is 5.32 Å². The molecule has 0 aliphatic heterocycles. The largest absolute Gasteiger partial charge is 0.449 e. The molecule has 3 nitrogen and oxygen atoms in total. The van der Waals surface area contributed by atoms with Gasteiger partial charge < -0.3 is 9.73 Å². The second kappa shape index (κ2) is 4.49. The number of para-hydroxylation sites is 1. The lowest BCUT2D eigenvalue weighted by Crippen LogP contribution is -1.99. The number of nitrogens with zero attached hydrogens (tertiary/aromatic N) is 1. The van der Waals surface area contributed by atoms with Crippen molar-refractivity contribution in [3.8, 4) is 6.07 Å². The van der Waals surface area contributed by atoms with Gasteiger partial charge in [-0.3, -0.25) is 0 Å². The second-order valence-electron chi connectivity index (χ2n) is 3.21. The van der Waals surface area contributed by atoms with Crippen molar-refractivity contribution in [2.45, 2.75) is 6.54 Å². The van der Waals surface area contributed by atoms with Crippen molar-refractivity contribution in [3.63, 3.8) is 0 Å². The topological polar surface area (TPSA) is 49.0 Å². The van der Waals surface area contributed by atoms with Crippen molar-refractivity contribution in [2.24, 2.45) is 0 Å². The molecule has 0 saturated carbocycles. The average molecular weight is 216 g/mol. The quantitative estimate of drug-likeness (QED) is 0.858. The molecule has 0 spiro atoms. The van der Waals surface area contributed by atoms with Crippen molar-refractivity contribution in [1.82, 2.24) is 0 Å². The normalized spacial score (nSPS) is 9.75. The first-order chi connectivity index (χ1) is 7.79. The number of anilines is 1. The van der Waals surface area contributed by atoms with Gasteiger partial charge in [0.05, 0.1) is 12.2 Å². The van der Waals surface area contributed by atoms with E-state index in [-0.39, 0.29) is 11.6 Å². The predicted molar refractivity (Wildman–Crippen MR) is 57.1 cm³/mol. The van der Waals surface area contributed by atoms with Crippen LogP contribution in [0.3, 0.4) is 0 Å². The summed E-state index contributed by atoms with van der Waals surface area (Å²) in [7, 11) is 0. The van der Waals surface area contributed by atoms with E-state index in [4.69, 9.17) is 9.68 Å². The van der Waals surface area contributed by atoms with Crippen LogP contribution in [0.5, 0.6) is 0 Å². The number of nitrogens with one attached hydrogen (secondary N) is 1. The first kappa shape index (κ1) is 10.2. The molecule has 0 fully saturated rings. The van der Waals surface area contributed by atoms with Gasteiger partial charge in [-0.15, -0.1) is 0 Å². The fourth-order valence-corrected chi connectivity index (χ4v) is 1.32. The summed E-state index contributed by atoms with van der Waals surface area (Å²) in [4.78, 5) is 0. The maximum atomic E-state index is 13.2. The van der Waals surface area contributed by atoms with Crippen molar-refractivity contribution in [2.75, 3.05) is 5.32 Å². The molecule has 80 valence electrons. The van der Waals surface area contributed by atoms with Gasteiger partial charge in [-0.05, 0) is 24.3 Å². The van der Waals surface area contributed by atoms with Crippen molar-refractivity contribution < 1.29 is 8.81 Å². The van der Waals surface area contributed by atoms with Crippen LogP contribution < -0.4 is 5.32 Å². The number of rotatable bonds is 3. The highest BCUT2D eigenvalue weighted by Gasteiger charge is 2.03. The smallest absolute Gasteiger partial charge is 0.203 e. The molecule has 0 bridgehead atoms. The minimum absolute atomic E-state index is 0.255. The monoisotopic (exact) mass is 216 g/mol. The van der Waals surface area contributed by atoms with E-state index in [0.29, 0.717) is 18.0 Å². The number of benzene rings is 1. The maximum absolute atomic E-state index is 13.2. The summed E-state index contributed by atoms with van der Waals surface area (Å²) in [5.41, 5.74) is 0.414. The lowest BCUT2D eigenvalue weighted by molar-refractivity contribution is 0.505. The summed E-state index contributed by atoms with van der Waals surface area (Å²) in [5.74, 6) is 0.541. The molecular formula is C12H9FN2O. The molecule has 0 atom stereocenters. The van der Waals surface area contributed by atoms with Crippen LogP contribution in [0.2, 0.25) is 0 Å². The number of nitriles is 1. The van der Waals surface area contributed by atoms with Gasteiger partial charge in [0, 0.05) is 0 Å². The first-order valence-corrected chi connectivity index (χ1v) is 4.77. The fraction of sp³-hybridized carbons (Fsp3) is 0.0833. The van der Waals surface area contributed by atoms with Gasteiger partial charge in [-0.25, -0.2) is 4.39 Å². The molecule has 1 heterocycles. The molecule has 16 heavy (non-hydrogen) atoms. The zero-order chi connectivity index (χ0) is 11.4. The van der Waals surface area contributed by atoms with Crippen LogP contribution >= 0.6 is 0 Å². The fourth-order valence-electron chi connectivity index (χ4n) is 1.32. The molecule has 0 radical (unpaired) electrons. The van der Waals surface area contributed by atoms with E-state index < -0.39 is 0 Å². The van der Waals surface area contributed by atoms with Crippen LogP contribution in [0, 0.1) is 17.1 Å². The lowest BCUT2D eigenvalue weighted by Gasteiger charge is -2.04. The van der Waals surface area contributed by atoms with Crippen molar-refractivity contribution in [3.05, 3.63) is 53.7 Å². The Morgan fingerprint density at radius 2 is 2.06 bits per heavy atom. The SMILES string of the molecule is N#Cc1ccc(CNc2ccccc2F)o1. The highest BCUT2D eigenvalue weighted by molar-refractivity contribution is 5.44. The van der Waals surface area contributed by atoms with Crippen LogP contribution in [0.4, 0.5) is 10.1 Å². The number of halogens is 1. The van der Waals surface area contributed by atoms with Crippen LogP contribution in [0.25, 0.3) is 0 Å². The van der Waals surface area contributed by atoms with Gasteiger partial charge in [-0.2, -0.15) is 5.26 Å². The molecule has 2 rings (SSSR count). The van der Waals surface area contributed by atoms with E-state index in [1.54, 1.807) is 30.3 Å². The highest BCUT2D eigenvalue weighted by Crippen LogP contribution is 2.14. The van der Waals surface area contributed by atoms with Gasteiger partial charge in [0.25, 0.3) is 0 Å². The Morgan fingerprint density at radius 3 is 2.75 bits per heavy atom. The number of hydrogen-bond acceptors (Lipinski definition) is 3. The Morgan fingerprint density at radius 1 is 1.25 bits per heavy atom. The van der Waals surface area contributed by atoms with Gasteiger partial charge in [-0.1, -0.05) is 12.1 Å². The van der Waals surface area contributed by atoms with E-state index in [0.717, 1.165) is 0 Å². The molecule has 0 aliphatic rings. The Kier molecular flexibility index (Phi) is 2.88. The van der Waals surface area contributed by atoms with E-state index >= 15 is 0 Å². The molecule has 1 aromatic carbocycles. The predicted octanol–water partition coefficient (Wildman–Crippen LogP) is 2.90. The van der Waals surface area contributed by atoms with Crippen molar-refractivity contribution in [1.29, 1.82) is 5.26 Å². The van der Waals surface area contributed by atoms with Crippen LogP contribution in [0.1, 0.15) is 11.5 Å².